The predicted molar refractivity (Wildman–Crippen MR) is 124 cm³/mol. The number of carbonyl (C=O) groups excluding carboxylic acids is 1. The molecule has 4 rings (SSSR count). The van der Waals surface area contributed by atoms with E-state index >= 15 is 0 Å². The van der Waals surface area contributed by atoms with Crippen molar-refractivity contribution in [3.05, 3.63) is 105 Å². The van der Waals surface area contributed by atoms with Crippen LogP contribution in [-0.2, 0) is 37.1 Å². The third-order valence-corrected chi connectivity index (χ3v) is 5.66. The average molecular weight is 496 g/mol. The molecule has 0 radical (unpaired) electrons. The first kappa shape index (κ1) is 25.0. The normalized spacial score (nSPS) is 21.2. The van der Waals surface area contributed by atoms with Crippen LogP contribution in [0, 0.1) is 0 Å². The topological polar surface area (TPSA) is 135 Å². The summed E-state index contributed by atoms with van der Waals surface area (Å²) in [6.07, 6.45) is -4.26. The van der Waals surface area contributed by atoms with Gasteiger partial charge in [0.05, 0.1) is 12.2 Å². The number of carboxylic acid groups (broad SMARTS) is 1. The molecule has 2 aromatic carbocycles. The molecule has 1 N–H and O–H groups in total. The van der Waals surface area contributed by atoms with Gasteiger partial charge in [-0.25, -0.2) is 19.0 Å². The summed E-state index contributed by atoms with van der Waals surface area (Å²) >= 11 is 0. The van der Waals surface area contributed by atoms with Gasteiger partial charge in [-0.2, -0.15) is 0 Å². The third kappa shape index (κ3) is 5.28. The zero-order chi connectivity index (χ0) is 25.7. The lowest BCUT2D eigenvalue weighted by Crippen LogP contribution is -2.44. The molecule has 4 atom stereocenters. The van der Waals surface area contributed by atoms with Crippen molar-refractivity contribution in [2.45, 2.75) is 37.9 Å². The average Bonchev–Trinajstić information content (AvgIpc) is 3.25. The Kier molecular flexibility index (Phi) is 7.74. The van der Waals surface area contributed by atoms with E-state index in [1.165, 1.54) is 25.4 Å². The maximum atomic E-state index is 13.2. The molecule has 0 unspecified atom stereocenters. The summed E-state index contributed by atoms with van der Waals surface area (Å²) in [4.78, 5) is 50.1. The van der Waals surface area contributed by atoms with Gasteiger partial charge in [-0.15, -0.1) is 0 Å². The zero-order valence-corrected chi connectivity index (χ0v) is 19.3. The van der Waals surface area contributed by atoms with Crippen LogP contribution in [0.3, 0.4) is 0 Å². The maximum Gasteiger partial charge on any atom is 0.338 e. The number of esters is 1. The maximum absolute atomic E-state index is 13.2. The van der Waals surface area contributed by atoms with Crippen LogP contribution >= 0.6 is 0 Å². The molecule has 11 nitrogen and oxygen atoms in total. The van der Waals surface area contributed by atoms with Crippen LogP contribution in [0.25, 0.3) is 0 Å². The summed E-state index contributed by atoms with van der Waals surface area (Å²) in [6.45, 7) is -0.173. The fraction of sp³-hybridized carbons (Fsp3) is 0.280. The van der Waals surface area contributed by atoms with Crippen LogP contribution in [0.1, 0.15) is 22.1 Å². The fourth-order valence-electron chi connectivity index (χ4n) is 3.88. The zero-order valence-electron chi connectivity index (χ0n) is 19.3. The van der Waals surface area contributed by atoms with Crippen LogP contribution in [-0.4, -0.2) is 51.6 Å². The lowest BCUT2D eigenvalue weighted by Gasteiger charge is -2.23. The second-order valence-corrected chi connectivity index (χ2v) is 7.96. The molecule has 0 amide bonds. The van der Waals surface area contributed by atoms with Gasteiger partial charge in [0, 0.05) is 19.4 Å². The van der Waals surface area contributed by atoms with Crippen LogP contribution in [0.15, 0.2) is 82.5 Å². The van der Waals surface area contributed by atoms with E-state index in [-0.39, 0.29) is 18.9 Å². The number of hydrogen-bond donors (Lipinski definition) is 1. The number of hydrogen-bond acceptors (Lipinski definition) is 8. The van der Waals surface area contributed by atoms with E-state index in [2.05, 4.69) is 0 Å². The number of carboxylic acids is 1. The molecule has 1 saturated heterocycles. The number of nitrogens with zero attached hydrogens (tertiary/aromatic N) is 2. The number of methoxy groups -OCH3 is 1. The number of carbonyl (C=O) groups is 2. The highest BCUT2D eigenvalue weighted by atomic mass is 16.6. The van der Waals surface area contributed by atoms with Crippen molar-refractivity contribution in [3.8, 4) is 0 Å². The molecular weight excluding hydrogens is 472 g/mol. The third-order valence-electron chi connectivity index (χ3n) is 5.66. The molecule has 0 spiro atoms. The number of ether oxygens (including phenoxy) is 4. The van der Waals surface area contributed by atoms with Crippen molar-refractivity contribution >= 4 is 11.9 Å². The van der Waals surface area contributed by atoms with Gasteiger partial charge in [-0.3, -0.25) is 9.36 Å². The van der Waals surface area contributed by atoms with Crippen molar-refractivity contribution in [1.29, 1.82) is 0 Å². The van der Waals surface area contributed by atoms with E-state index < -0.39 is 47.7 Å². The standard InChI is InChI=1S/C25H24N2O9/c1-33-20-19(36-24(31)17-10-6-3-7-11-17)21(23(29)30)35-22(20)26-13-12-18(28)27(25(26)32)15-34-14-16-8-4-2-5-9-16/h2-13,19-22H,14-15H2,1H3,(H,29,30)/t19-,20+,21-,22+/m0/s1. The minimum atomic E-state index is -1.62. The van der Waals surface area contributed by atoms with E-state index in [9.17, 15) is 24.3 Å². The lowest BCUT2D eigenvalue weighted by molar-refractivity contribution is -0.155. The van der Waals surface area contributed by atoms with E-state index in [0.29, 0.717) is 0 Å². The van der Waals surface area contributed by atoms with E-state index in [4.69, 9.17) is 18.9 Å². The Labute approximate surface area is 205 Å². The first-order chi connectivity index (χ1) is 17.4. The summed E-state index contributed by atoms with van der Waals surface area (Å²) in [7, 11) is 1.28. The summed E-state index contributed by atoms with van der Waals surface area (Å²) < 4.78 is 23.9. The monoisotopic (exact) mass is 496 g/mol. The molecule has 1 fully saturated rings. The van der Waals surface area contributed by atoms with Crippen molar-refractivity contribution < 1.29 is 33.6 Å². The Hall–Kier alpha value is -4.06. The van der Waals surface area contributed by atoms with Crippen LogP contribution < -0.4 is 11.2 Å². The Morgan fingerprint density at radius 3 is 2.28 bits per heavy atom. The van der Waals surface area contributed by atoms with Gasteiger partial charge in [0.25, 0.3) is 5.56 Å². The van der Waals surface area contributed by atoms with Crippen molar-refractivity contribution in [3.63, 3.8) is 0 Å². The number of rotatable bonds is 9. The quantitative estimate of drug-likeness (QED) is 0.436. The fourth-order valence-corrected chi connectivity index (χ4v) is 3.88. The van der Waals surface area contributed by atoms with E-state index in [1.54, 1.807) is 18.2 Å². The van der Waals surface area contributed by atoms with Gasteiger partial charge in [-0.1, -0.05) is 48.5 Å². The molecule has 3 aromatic rings. The number of aliphatic carboxylic acids is 1. The molecule has 1 aliphatic heterocycles. The highest BCUT2D eigenvalue weighted by Crippen LogP contribution is 2.33. The SMILES string of the molecule is CO[C@@H]1[C@H](OC(=O)c2ccccc2)[C@@H](C(=O)O)O[C@H]1n1ccc(=O)n(COCc2ccccc2)c1=O. The molecule has 0 bridgehead atoms. The van der Waals surface area contributed by atoms with Crippen molar-refractivity contribution in [2.24, 2.45) is 0 Å². The van der Waals surface area contributed by atoms with Crippen LogP contribution in [0.4, 0.5) is 0 Å². The van der Waals surface area contributed by atoms with Gasteiger partial charge in [0.15, 0.2) is 18.4 Å². The largest absolute Gasteiger partial charge is 0.479 e. The lowest BCUT2D eigenvalue weighted by atomic mass is 10.1. The van der Waals surface area contributed by atoms with E-state index in [1.807, 2.05) is 30.3 Å². The van der Waals surface area contributed by atoms with Gasteiger partial charge in [0.1, 0.15) is 12.8 Å². The van der Waals surface area contributed by atoms with Gasteiger partial charge < -0.3 is 24.1 Å². The second kappa shape index (κ2) is 11.1. The second-order valence-electron chi connectivity index (χ2n) is 7.96. The molecule has 0 aliphatic carbocycles. The molecule has 188 valence electrons. The Bertz CT molecular complexity index is 1320. The minimum absolute atomic E-state index is 0.167. The van der Waals surface area contributed by atoms with Crippen LogP contribution in [0.5, 0.6) is 0 Å². The highest BCUT2D eigenvalue weighted by Gasteiger charge is 2.52. The molecule has 2 heterocycles. The molecular formula is C25H24N2O9. The predicted octanol–water partition coefficient (Wildman–Crippen LogP) is 1.41. The summed E-state index contributed by atoms with van der Waals surface area (Å²) in [5, 5.41) is 9.70. The number of aromatic nitrogens is 2. The Balaban J connectivity index is 1.58. The molecule has 1 aromatic heterocycles. The Morgan fingerprint density at radius 2 is 1.64 bits per heavy atom. The highest BCUT2D eigenvalue weighted by molar-refractivity contribution is 5.89. The molecule has 36 heavy (non-hydrogen) atoms. The molecule has 0 saturated carbocycles. The minimum Gasteiger partial charge on any atom is -0.479 e. The smallest absolute Gasteiger partial charge is 0.338 e. The first-order valence-electron chi connectivity index (χ1n) is 11.0. The molecule has 11 heteroatoms. The first-order valence-corrected chi connectivity index (χ1v) is 11.0. The summed E-state index contributed by atoms with van der Waals surface area (Å²) in [5.41, 5.74) is -0.353. The molecule has 1 aliphatic rings. The van der Waals surface area contributed by atoms with Gasteiger partial charge in [0.2, 0.25) is 0 Å². The van der Waals surface area contributed by atoms with Crippen molar-refractivity contribution in [1.82, 2.24) is 9.13 Å². The summed E-state index contributed by atoms with van der Waals surface area (Å²) in [6, 6.07) is 18.3. The van der Waals surface area contributed by atoms with Crippen molar-refractivity contribution in [2.75, 3.05) is 7.11 Å². The van der Waals surface area contributed by atoms with Gasteiger partial charge >= 0.3 is 17.6 Å². The number of benzene rings is 2. The summed E-state index contributed by atoms with van der Waals surface area (Å²) in [5.74, 6) is -2.18. The Morgan fingerprint density at radius 1 is 0.972 bits per heavy atom. The van der Waals surface area contributed by atoms with E-state index in [0.717, 1.165) is 20.8 Å². The van der Waals surface area contributed by atoms with Gasteiger partial charge in [-0.05, 0) is 17.7 Å². The van der Waals surface area contributed by atoms with Crippen LogP contribution in [0.2, 0.25) is 0 Å².